The summed E-state index contributed by atoms with van der Waals surface area (Å²) in [4.78, 5) is 4.33. The zero-order valence-corrected chi connectivity index (χ0v) is 10.5. The van der Waals surface area contributed by atoms with Crippen LogP contribution < -0.4 is 11.1 Å². The van der Waals surface area contributed by atoms with Gasteiger partial charge in [-0.1, -0.05) is 6.07 Å². The Hall–Kier alpha value is -2.01. The van der Waals surface area contributed by atoms with E-state index in [4.69, 9.17) is 10.2 Å². The van der Waals surface area contributed by atoms with Gasteiger partial charge in [-0.25, -0.2) is 0 Å². The number of anilines is 2. The lowest BCUT2D eigenvalue weighted by molar-refractivity contribution is 0.614. The topological polar surface area (TPSA) is 64.1 Å². The molecule has 0 unspecified atom stereocenters. The van der Waals surface area contributed by atoms with E-state index in [1.54, 1.807) is 11.3 Å². The zero-order chi connectivity index (χ0) is 12.4. The molecule has 4 nitrogen and oxygen atoms in total. The fourth-order valence-electron chi connectivity index (χ4n) is 1.79. The largest absolute Gasteiger partial charge is 0.423 e. The van der Waals surface area contributed by atoms with Crippen LogP contribution in [0.3, 0.4) is 0 Å². The number of thiophene rings is 1. The number of fused-ring (bicyclic) bond motifs is 1. The molecule has 0 fully saturated rings. The van der Waals surface area contributed by atoms with Crippen LogP contribution in [0.2, 0.25) is 0 Å². The van der Waals surface area contributed by atoms with Crippen molar-refractivity contribution in [1.82, 2.24) is 4.98 Å². The SMILES string of the molecule is Nc1cccc2oc(NCCc3ccsc3)nc12. The van der Waals surface area contributed by atoms with E-state index in [0.29, 0.717) is 17.3 Å². The van der Waals surface area contributed by atoms with Crippen LogP contribution in [0, 0.1) is 0 Å². The number of nitrogen functional groups attached to an aromatic ring is 1. The third kappa shape index (κ3) is 2.17. The fraction of sp³-hybridized carbons (Fsp3) is 0.154. The highest BCUT2D eigenvalue weighted by molar-refractivity contribution is 7.07. The van der Waals surface area contributed by atoms with E-state index < -0.39 is 0 Å². The van der Waals surface area contributed by atoms with E-state index in [2.05, 4.69) is 27.1 Å². The van der Waals surface area contributed by atoms with E-state index in [1.165, 1.54) is 5.56 Å². The molecule has 0 saturated heterocycles. The molecule has 0 spiro atoms. The molecule has 2 heterocycles. The Morgan fingerprint density at radius 2 is 2.28 bits per heavy atom. The maximum Gasteiger partial charge on any atom is 0.295 e. The molecule has 0 aliphatic rings. The van der Waals surface area contributed by atoms with Crippen LogP contribution in [0.25, 0.3) is 11.1 Å². The van der Waals surface area contributed by atoms with Gasteiger partial charge < -0.3 is 15.5 Å². The number of benzene rings is 1. The summed E-state index contributed by atoms with van der Waals surface area (Å²) < 4.78 is 5.57. The lowest BCUT2D eigenvalue weighted by Crippen LogP contribution is -2.04. The van der Waals surface area contributed by atoms with E-state index in [0.717, 1.165) is 18.5 Å². The number of hydrogen-bond acceptors (Lipinski definition) is 5. The van der Waals surface area contributed by atoms with Crippen LogP contribution in [-0.4, -0.2) is 11.5 Å². The molecule has 2 aromatic heterocycles. The Kier molecular flexibility index (Phi) is 2.90. The first-order chi connectivity index (χ1) is 8.83. The van der Waals surface area contributed by atoms with Gasteiger partial charge in [-0.05, 0) is 40.9 Å². The number of hydrogen-bond donors (Lipinski definition) is 2. The molecule has 0 bridgehead atoms. The van der Waals surface area contributed by atoms with Crippen LogP contribution in [-0.2, 0) is 6.42 Å². The minimum Gasteiger partial charge on any atom is -0.423 e. The van der Waals surface area contributed by atoms with Crippen LogP contribution in [0.5, 0.6) is 0 Å². The van der Waals surface area contributed by atoms with E-state index in [9.17, 15) is 0 Å². The summed E-state index contributed by atoms with van der Waals surface area (Å²) in [5.41, 5.74) is 9.22. The molecular weight excluding hydrogens is 246 g/mol. The highest BCUT2D eigenvalue weighted by Gasteiger charge is 2.07. The zero-order valence-electron chi connectivity index (χ0n) is 9.72. The molecule has 3 rings (SSSR count). The van der Waals surface area contributed by atoms with Crippen molar-refractivity contribution in [3.63, 3.8) is 0 Å². The molecule has 0 aliphatic carbocycles. The van der Waals surface area contributed by atoms with Crippen LogP contribution in [0.4, 0.5) is 11.7 Å². The molecule has 0 aliphatic heterocycles. The molecule has 5 heteroatoms. The average molecular weight is 259 g/mol. The highest BCUT2D eigenvalue weighted by Crippen LogP contribution is 2.23. The van der Waals surface area contributed by atoms with Crippen molar-refractivity contribution in [3.05, 3.63) is 40.6 Å². The van der Waals surface area contributed by atoms with Gasteiger partial charge >= 0.3 is 0 Å². The summed E-state index contributed by atoms with van der Waals surface area (Å²) in [6.07, 6.45) is 0.956. The Balaban J connectivity index is 1.69. The second-order valence-corrected chi connectivity index (χ2v) is 4.80. The monoisotopic (exact) mass is 259 g/mol. The number of nitrogens with two attached hydrogens (primary N) is 1. The van der Waals surface area contributed by atoms with Crippen LogP contribution >= 0.6 is 11.3 Å². The smallest absolute Gasteiger partial charge is 0.295 e. The van der Waals surface area contributed by atoms with E-state index in [-0.39, 0.29) is 0 Å². The van der Waals surface area contributed by atoms with E-state index in [1.807, 2.05) is 18.2 Å². The van der Waals surface area contributed by atoms with Crippen molar-refractivity contribution in [2.24, 2.45) is 0 Å². The molecule has 3 N–H and O–H groups in total. The number of para-hydroxylation sites is 1. The van der Waals surface area contributed by atoms with Gasteiger partial charge in [0.15, 0.2) is 5.58 Å². The molecule has 0 atom stereocenters. The minimum absolute atomic E-state index is 0.526. The van der Waals surface area contributed by atoms with Gasteiger partial charge in [-0.15, -0.1) is 0 Å². The van der Waals surface area contributed by atoms with Gasteiger partial charge in [-0.3, -0.25) is 0 Å². The van der Waals surface area contributed by atoms with Crippen molar-refractivity contribution >= 4 is 34.1 Å². The Morgan fingerprint density at radius 3 is 3.06 bits per heavy atom. The van der Waals surface area contributed by atoms with Gasteiger partial charge in [0.25, 0.3) is 6.01 Å². The van der Waals surface area contributed by atoms with Crippen molar-refractivity contribution in [3.8, 4) is 0 Å². The van der Waals surface area contributed by atoms with Gasteiger partial charge in [0.05, 0.1) is 5.69 Å². The number of aromatic nitrogens is 1. The second kappa shape index (κ2) is 4.70. The molecule has 0 amide bonds. The minimum atomic E-state index is 0.526. The summed E-state index contributed by atoms with van der Waals surface area (Å²) in [6.45, 7) is 0.795. The predicted molar refractivity (Wildman–Crippen MR) is 74.9 cm³/mol. The molecule has 3 aromatic rings. The predicted octanol–water partition coefficient (Wildman–Crippen LogP) is 3.13. The van der Waals surface area contributed by atoms with Crippen molar-refractivity contribution < 1.29 is 4.42 Å². The number of nitrogens with one attached hydrogen (secondary N) is 1. The molecule has 92 valence electrons. The first-order valence-electron chi connectivity index (χ1n) is 5.73. The van der Waals surface area contributed by atoms with Gasteiger partial charge in [0.1, 0.15) is 5.52 Å². The number of oxazole rings is 1. The summed E-state index contributed by atoms with van der Waals surface area (Å²) in [7, 11) is 0. The standard InChI is InChI=1S/C13H13N3OS/c14-10-2-1-3-11-12(10)16-13(17-11)15-6-4-9-5-7-18-8-9/h1-3,5,7-8H,4,6,14H2,(H,15,16). The Morgan fingerprint density at radius 1 is 1.33 bits per heavy atom. The summed E-state index contributed by atoms with van der Waals surface area (Å²) in [5, 5.41) is 7.39. The summed E-state index contributed by atoms with van der Waals surface area (Å²) in [5.74, 6) is 0. The molecule has 1 aromatic carbocycles. The van der Waals surface area contributed by atoms with Gasteiger partial charge in [0, 0.05) is 6.54 Å². The van der Waals surface area contributed by atoms with Crippen LogP contribution in [0.1, 0.15) is 5.56 Å². The van der Waals surface area contributed by atoms with Crippen LogP contribution in [0.15, 0.2) is 39.4 Å². The molecule has 0 saturated carbocycles. The lowest BCUT2D eigenvalue weighted by atomic mass is 10.2. The maximum atomic E-state index is 5.83. The Labute approximate surface area is 108 Å². The van der Waals surface area contributed by atoms with Gasteiger partial charge in [-0.2, -0.15) is 16.3 Å². The highest BCUT2D eigenvalue weighted by atomic mass is 32.1. The average Bonchev–Trinajstić information content (AvgIpc) is 2.98. The van der Waals surface area contributed by atoms with Gasteiger partial charge in [0.2, 0.25) is 0 Å². The quantitative estimate of drug-likeness (QED) is 0.706. The number of rotatable bonds is 4. The first-order valence-corrected chi connectivity index (χ1v) is 6.67. The summed E-state index contributed by atoms with van der Waals surface area (Å²) >= 11 is 1.71. The summed E-state index contributed by atoms with van der Waals surface area (Å²) in [6, 6.07) is 8.19. The maximum absolute atomic E-state index is 5.83. The molecular formula is C13H13N3OS. The van der Waals surface area contributed by atoms with Crippen molar-refractivity contribution in [2.45, 2.75) is 6.42 Å². The first kappa shape index (κ1) is 11.1. The normalized spacial score (nSPS) is 10.9. The third-order valence-corrected chi connectivity index (χ3v) is 3.45. The fourth-order valence-corrected chi connectivity index (χ4v) is 2.50. The number of nitrogens with zero attached hydrogens (tertiary/aromatic N) is 1. The lowest BCUT2D eigenvalue weighted by Gasteiger charge is -1.98. The second-order valence-electron chi connectivity index (χ2n) is 4.02. The Bertz CT molecular complexity index is 645. The molecule has 0 radical (unpaired) electrons. The van der Waals surface area contributed by atoms with E-state index >= 15 is 0 Å². The van der Waals surface area contributed by atoms with Crippen molar-refractivity contribution in [2.75, 3.05) is 17.6 Å². The third-order valence-electron chi connectivity index (χ3n) is 2.72. The van der Waals surface area contributed by atoms with Crippen molar-refractivity contribution in [1.29, 1.82) is 0 Å². The molecule has 18 heavy (non-hydrogen) atoms.